The molecule has 174 valence electrons. The van der Waals surface area contributed by atoms with Crippen molar-refractivity contribution in [3.8, 4) is 5.75 Å². The van der Waals surface area contributed by atoms with E-state index in [0.717, 1.165) is 24.3 Å². The first kappa shape index (κ1) is 24.5. The van der Waals surface area contributed by atoms with Gasteiger partial charge >= 0.3 is 0 Å². The van der Waals surface area contributed by atoms with Gasteiger partial charge in [-0.2, -0.15) is 0 Å². The Labute approximate surface area is 207 Å². The van der Waals surface area contributed by atoms with Gasteiger partial charge in [0.05, 0.1) is 18.4 Å². The fourth-order valence-electron chi connectivity index (χ4n) is 4.97. The normalized spacial score (nSPS) is 26.7. The van der Waals surface area contributed by atoms with Gasteiger partial charge < -0.3 is 15.4 Å². The first-order valence-corrected chi connectivity index (χ1v) is 11.3. The highest BCUT2D eigenvalue weighted by atomic mass is 127. The zero-order valence-corrected chi connectivity index (χ0v) is 21.2. The molecule has 1 heterocycles. The molecule has 2 bridgehead atoms. The Bertz CT molecular complexity index is 873. The number of nitrogens with one attached hydrogen (secondary N) is 2. The zero-order chi connectivity index (χ0) is 22.0. The van der Waals surface area contributed by atoms with E-state index >= 15 is 0 Å². The minimum atomic E-state index is -0.135. The number of ether oxygens (including phenoxy) is 1. The van der Waals surface area contributed by atoms with E-state index in [2.05, 4.69) is 27.8 Å². The highest BCUT2D eigenvalue weighted by Crippen LogP contribution is 2.52. The van der Waals surface area contributed by atoms with Crippen LogP contribution in [0.1, 0.15) is 25.8 Å². The molecule has 0 radical (unpaired) electrons. The average molecular weight is 552 g/mol. The fourth-order valence-corrected chi connectivity index (χ4v) is 4.97. The number of nitrogens with zero attached hydrogens (tertiary/aromatic N) is 2. The van der Waals surface area contributed by atoms with Gasteiger partial charge in [0.25, 0.3) is 0 Å². The quantitative estimate of drug-likeness (QED) is 0.171. The van der Waals surface area contributed by atoms with Crippen LogP contribution in [0.5, 0.6) is 5.75 Å². The van der Waals surface area contributed by atoms with Crippen LogP contribution in [0.25, 0.3) is 0 Å². The average Bonchev–Trinajstić information content (AvgIpc) is 3.43. The van der Waals surface area contributed by atoms with Crippen LogP contribution in [0, 0.1) is 30.6 Å². The minimum absolute atomic E-state index is 0. The Morgan fingerprint density at radius 2 is 1.81 bits per heavy atom. The van der Waals surface area contributed by atoms with Crippen molar-refractivity contribution >= 4 is 41.8 Å². The Morgan fingerprint density at radius 1 is 1.16 bits per heavy atom. The number of carbonyl (C=O) groups excluding carboxylic acids is 2. The van der Waals surface area contributed by atoms with Gasteiger partial charge in [0.2, 0.25) is 11.8 Å². The molecular weight excluding hydrogens is 519 g/mol. The van der Waals surface area contributed by atoms with Gasteiger partial charge in [0, 0.05) is 19.6 Å². The number of fused-ring (bicyclic) bond motifs is 5. The maximum atomic E-state index is 12.8. The third-order valence-electron chi connectivity index (χ3n) is 6.46. The third-order valence-corrected chi connectivity index (χ3v) is 6.46. The molecule has 1 aromatic carbocycles. The van der Waals surface area contributed by atoms with Gasteiger partial charge in [-0.3, -0.25) is 14.5 Å². The van der Waals surface area contributed by atoms with E-state index in [1.807, 2.05) is 45.0 Å². The molecule has 2 fully saturated rings. The zero-order valence-electron chi connectivity index (χ0n) is 18.9. The highest BCUT2D eigenvalue weighted by molar-refractivity contribution is 14.0. The molecule has 0 aromatic heterocycles. The maximum absolute atomic E-state index is 12.8. The van der Waals surface area contributed by atoms with Crippen molar-refractivity contribution in [3.05, 3.63) is 42.0 Å². The van der Waals surface area contributed by atoms with Gasteiger partial charge in [-0.15, -0.1) is 24.0 Å². The topological polar surface area (TPSA) is 83.0 Å². The van der Waals surface area contributed by atoms with Crippen molar-refractivity contribution in [2.24, 2.45) is 28.7 Å². The summed E-state index contributed by atoms with van der Waals surface area (Å²) in [6, 6.07) is 7.93. The second-order valence-corrected chi connectivity index (χ2v) is 8.67. The number of rotatable bonds is 8. The van der Waals surface area contributed by atoms with Crippen molar-refractivity contribution in [2.75, 3.05) is 26.2 Å². The summed E-state index contributed by atoms with van der Waals surface area (Å²) < 4.78 is 5.99. The van der Waals surface area contributed by atoms with Crippen LogP contribution in [0.4, 0.5) is 0 Å². The molecule has 1 aliphatic heterocycles. The number of benzene rings is 1. The van der Waals surface area contributed by atoms with Crippen LogP contribution in [0.2, 0.25) is 0 Å². The van der Waals surface area contributed by atoms with Gasteiger partial charge in [0.1, 0.15) is 11.9 Å². The molecule has 5 unspecified atom stereocenters. The molecule has 5 atom stereocenters. The first-order chi connectivity index (χ1) is 15.0. The number of allylic oxidation sites excluding steroid dienone is 2. The largest absolute Gasteiger partial charge is 0.489 e. The first-order valence-electron chi connectivity index (χ1n) is 11.3. The summed E-state index contributed by atoms with van der Waals surface area (Å²) in [6.45, 7) is 8.06. The Morgan fingerprint density at radius 3 is 2.44 bits per heavy atom. The second-order valence-electron chi connectivity index (χ2n) is 8.67. The Balaban J connectivity index is 0.00000289. The molecular formula is C24H33IN4O3. The summed E-state index contributed by atoms with van der Waals surface area (Å²) in [5.41, 5.74) is 1.09. The molecule has 3 aliphatic rings. The van der Waals surface area contributed by atoms with Gasteiger partial charge in [-0.25, -0.2) is 4.99 Å². The van der Waals surface area contributed by atoms with Crippen molar-refractivity contribution in [2.45, 2.75) is 33.3 Å². The van der Waals surface area contributed by atoms with Crippen LogP contribution in [0.15, 0.2) is 41.4 Å². The summed E-state index contributed by atoms with van der Waals surface area (Å²) in [7, 11) is 0. The second kappa shape index (κ2) is 10.7. The van der Waals surface area contributed by atoms with E-state index < -0.39 is 0 Å². The number of imide groups is 1. The van der Waals surface area contributed by atoms with Crippen LogP contribution in [0.3, 0.4) is 0 Å². The van der Waals surface area contributed by atoms with E-state index in [4.69, 9.17) is 4.74 Å². The SMILES string of the molecule is CCNC(=NCC(C)Oc1ccccc1C)NCCN1C(=O)C2C3C=CC(C3)C2C1=O.I. The van der Waals surface area contributed by atoms with E-state index in [9.17, 15) is 9.59 Å². The molecule has 1 saturated heterocycles. The number of likely N-dealkylation sites (tertiary alicyclic amines) is 1. The number of aliphatic imine (C=N–C) groups is 1. The minimum Gasteiger partial charge on any atom is -0.489 e. The van der Waals surface area contributed by atoms with Crippen LogP contribution in [-0.4, -0.2) is 55.0 Å². The maximum Gasteiger partial charge on any atom is 0.233 e. The van der Waals surface area contributed by atoms with E-state index in [1.165, 1.54) is 4.90 Å². The van der Waals surface area contributed by atoms with E-state index in [-0.39, 0.29) is 65.6 Å². The predicted octanol–water partition coefficient (Wildman–Crippen LogP) is 2.74. The van der Waals surface area contributed by atoms with Crippen molar-refractivity contribution in [1.82, 2.24) is 15.5 Å². The molecule has 2 amide bonds. The lowest BCUT2D eigenvalue weighted by atomic mass is 9.85. The standard InChI is InChI=1S/C24H32N4O3.HI/c1-4-25-24(27-14-16(3)31-19-8-6-5-7-15(19)2)26-11-12-28-22(29)20-17-9-10-18(13-17)21(20)23(28)30;/h5-10,16-18,20-21H,4,11-14H2,1-3H3,(H2,25,26,27);1H. The molecule has 0 spiro atoms. The molecule has 32 heavy (non-hydrogen) atoms. The number of hydrogen-bond acceptors (Lipinski definition) is 4. The Kier molecular flexibility index (Phi) is 8.19. The molecule has 1 saturated carbocycles. The van der Waals surface area contributed by atoms with Crippen molar-refractivity contribution in [1.29, 1.82) is 0 Å². The van der Waals surface area contributed by atoms with Crippen molar-refractivity contribution in [3.63, 3.8) is 0 Å². The molecule has 8 heteroatoms. The molecule has 2 N–H and O–H groups in total. The highest BCUT2D eigenvalue weighted by Gasteiger charge is 2.58. The number of guanidine groups is 1. The van der Waals surface area contributed by atoms with Gasteiger partial charge in [-0.1, -0.05) is 30.4 Å². The van der Waals surface area contributed by atoms with Crippen LogP contribution in [-0.2, 0) is 9.59 Å². The molecule has 4 rings (SSSR count). The molecule has 1 aromatic rings. The summed E-state index contributed by atoms with van der Waals surface area (Å²) >= 11 is 0. The van der Waals surface area contributed by atoms with Gasteiger partial charge in [0.15, 0.2) is 5.96 Å². The number of carbonyl (C=O) groups is 2. The number of hydrogen-bond donors (Lipinski definition) is 2. The lowest BCUT2D eigenvalue weighted by Crippen LogP contribution is -2.44. The lowest BCUT2D eigenvalue weighted by Gasteiger charge is -2.19. The van der Waals surface area contributed by atoms with Crippen LogP contribution >= 0.6 is 24.0 Å². The Hall–Kier alpha value is -2.10. The predicted molar refractivity (Wildman–Crippen MR) is 135 cm³/mol. The molecule has 2 aliphatic carbocycles. The summed E-state index contributed by atoms with van der Waals surface area (Å²) in [6.07, 6.45) is 5.11. The number of halogens is 1. The van der Waals surface area contributed by atoms with Crippen LogP contribution < -0.4 is 15.4 Å². The summed E-state index contributed by atoms with van der Waals surface area (Å²) in [5.74, 6) is 1.74. The number of aryl methyl sites for hydroxylation is 1. The monoisotopic (exact) mass is 552 g/mol. The third kappa shape index (κ3) is 4.94. The lowest BCUT2D eigenvalue weighted by molar-refractivity contribution is -0.140. The summed E-state index contributed by atoms with van der Waals surface area (Å²) in [5, 5.41) is 6.45. The smallest absolute Gasteiger partial charge is 0.233 e. The number of para-hydroxylation sites is 1. The summed E-state index contributed by atoms with van der Waals surface area (Å²) in [4.78, 5) is 31.6. The van der Waals surface area contributed by atoms with Gasteiger partial charge in [-0.05, 0) is 50.7 Å². The van der Waals surface area contributed by atoms with E-state index in [1.54, 1.807) is 0 Å². The number of amides is 2. The molecule has 7 nitrogen and oxygen atoms in total. The van der Waals surface area contributed by atoms with E-state index in [0.29, 0.717) is 25.6 Å². The fraction of sp³-hybridized carbons (Fsp3) is 0.542. The van der Waals surface area contributed by atoms with Crippen molar-refractivity contribution < 1.29 is 14.3 Å².